The lowest BCUT2D eigenvalue weighted by atomic mass is 9.31. The lowest BCUT2D eigenvalue weighted by Crippen LogP contribution is -2.66. The van der Waals surface area contributed by atoms with Crippen LogP contribution in [0.2, 0.25) is 0 Å². The van der Waals surface area contributed by atoms with Crippen LogP contribution in [0.4, 0.5) is 4.39 Å². The largest absolute Gasteiger partial charge is 0.244 e. The van der Waals surface area contributed by atoms with Gasteiger partial charge in [0, 0.05) is 0 Å². The Labute approximate surface area is 141 Å². The molecule has 8 fully saturated rings. The molecule has 0 amide bonds. The van der Waals surface area contributed by atoms with Crippen LogP contribution in [-0.2, 0) is 0 Å². The van der Waals surface area contributed by atoms with Gasteiger partial charge < -0.3 is 0 Å². The van der Waals surface area contributed by atoms with Crippen LogP contribution in [0.1, 0.15) is 90.9 Å². The van der Waals surface area contributed by atoms with Gasteiger partial charge in [0.25, 0.3) is 0 Å². The van der Waals surface area contributed by atoms with E-state index in [1.807, 2.05) is 0 Å². The molecule has 0 N–H and O–H groups in total. The Kier molecular flexibility index (Phi) is 2.28. The average Bonchev–Trinajstić information content (AvgIpc) is 2.30. The molecule has 8 rings (SSSR count). The quantitative estimate of drug-likeness (QED) is 0.533. The molecule has 8 saturated carbocycles. The van der Waals surface area contributed by atoms with Gasteiger partial charge in [0.2, 0.25) is 0 Å². The van der Waals surface area contributed by atoms with E-state index in [4.69, 9.17) is 0 Å². The summed E-state index contributed by atoms with van der Waals surface area (Å²) < 4.78 is 15.8. The van der Waals surface area contributed by atoms with Crippen LogP contribution in [0, 0.1) is 39.4 Å². The van der Waals surface area contributed by atoms with Crippen LogP contribution in [-0.4, -0.2) is 5.67 Å². The van der Waals surface area contributed by atoms with Gasteiger partial charge in [-0.25, -0.2) is 4.39 Å². The predicted molar refractivity (Wildman–Crippen MR) is 90.8 cm³/mol. The van der Waals surface area contributed by atoms with Gasteiger partial charge in [0.1, 0.15) is 5.67 Å². The third kappa shape index (κ3) is 1.68. The summed E-state index contributed by atoms with van der Waals surface area (Å²) in [5.41, 5.74) is 1.06. The molecule has 0 aromatic heterocycles. The van der Waals surface area contributed by atoms with Gasteiger partial charge in [-0.2, -0.15) is 0 Å². The standard InChI is InChI=1S/C22H33F/c1-18-4-15-3-16(5-18)8-20(7-15,11-18)21-9-17-6-19(2,12-21)13-22(23,10-17)14-21/h15-17H,3-14H2,1-2H3. The third-order valence-electron chi connectivity index (χ3n) is 9.76. The molecule has 128 valence electrons. The fourth-order valence-electron chi connectivity index (χ4n) is 10.7. The Morgan fingerprint density at radius 2 is 1.22 bits per heavy atom. The zero-order valence-electron chi connectivity index (χ0n) is 15.1. The van der Waals surface area contributed by atoms with E-state index in [0.29, 0.717) is 27.6 Å². The minimum absolute atomic E-state index is 0.332. The van der Waals surface area contributed by atoms with Crippen LogP contribution in [0.25, 0.3) is 0 Å². The van der Waals surface area contributed by atoms with Crippen molar-refractivity contribution in [2.75, 3.05) is 0 Å². The minimum Gasteiger partial charge on any atom is -0.244 e. The Bertz CT molecular complexity index is 545. The first-order chi connectivity index (χ1) is 10.7. The van der Waals surface area contributed by atoms with Gasteiger partial charge in [-0.05, 0) is 116 Å². The summed E-state index contributed by atoms with van der Waals surface area (Å²) in [5, 5.41) is 0. The van der Waals surface area contributed by atoms with Gasteiger partial charge in [-0.15, -0.1) is 0 Å². The maximum Gasteiger partial charge on any atom is 0.112 e. The zero-order chi connectivity index (χ0) is 15.7. The molecule has 0 radical (unpaired) electrons. The van der Waals surface area contributed by atoms with E-state index in [-0.39, 0.29) is 0 Å². The summed E-state index contributed by atoms with van der Waals surface area (Å²) in [6.45, 7) is 5.04. The fourth-order valence-corrected chi connectivity index (χ4v) is 10.7. The highest BCUT2D eigenvalue weighted by Gasteiger charge is 2.71. The molecule has 0 aliphatic heterocycles. The van der Waals surface area contributed by atoms with Crippen LogP contribution < -0.4 is 0 Å². The highest BCUT2D eigenvalue weighted by atomic mass is 19.1. The molecule has 8 bridgehead atoms. The minimum atomic E-state index is -0.793. The second-order valence-corrected chi connectivity index (χ2v) is 12.3. The second kappa shape index (κ2) is 3.70. The van der Waals surface area contributed by atoms with E-state index in [1.165, 1.54) is 57.8 Å². The van der Waals surface area contributed by atoms with Gasteiger partial charge >= 0.3 is 0 Å². The van der Waals surface area contributed by atoms with Crippen molar-refractivity contribution in [3.8, 4) is 0 Å². The number of hydrogen-bond acceptors (Lipinski definition) is 0. The molecule has 0 saturated heterocycles. The summed E-state index contributed by atoms with van der Waals surface area (Å²) in [6.07, 6.45) is 15.7. The molecule has 0 spiro atoms. The molecule has 0 heterocycles. The molecule has 0 aromatic carbocycles. The van der Waals surface area contributed by atoms with E-state index in [9.17, 15) is 0 Å². The van der Waals surface area contributed by atoms with Gasteiger partial charge in [-0.3, -0.25) is 0 Å². The monoisotopic (exact) mass is 316 g/mol. The summed E-state index contributed by atoms with van der Waals surface area (Å²) in [6, 6.07) is 0. The van der Waals surface area contributed by atoms with E-state index in [2.05, 4.69) is 13.8 Å². The molecule has 6 unspecified atom stereocenters. The van der Waals surface area contributed by atoms with Crippen molar-refractivity contribution in [1.29, 1.82) is 0 Å². The highest BCUT2D eigenvalue weighted by Crippen LogP contribution is 2.79. The molecule has 23 heavy (non-hydrogen) atoms. The van der Waals surface area contributed by atoms with E-state index in [1.54, 1.807) is 0 Å². The zero-order valence-corrected chi connectivity index (χ0v) is 15.1. The molecule has 0 nitrogen and oxygen atoms in total. The molecule has 8 aliphatic rings. The van der Waals surface area contributed by atoms with Gasteiger partial charge in [0.05, 0.1) is 0 Å². The van der Waals surface area contributed by atoms with Crippen molar-refractivity contribution < 1.29 is 4.39 Å². The SMILES string of the molecule is CC12CC3CC(C1)CC(C14CC5CC(C)(CC(F)(C5)C1)C4)(C3)C2. The van der Waals surface area contributed by atoms with Crippen molar-refractivity contribution in [2.45, 2.75) is 96.6 Å². The van der Waals surface area contributed by atoms with E-state index >= 15 is 4.39 Å². The van der Waals surface area contributed by atoms with Crippen LogP contribution in [0.15, 0.2) is 0 Å². The third-order valence-corrected chi connectivity index (χ3v) is 9.76. The van der Waals surface area contributed by atoms with Crippen molar-refractivity contribution >= 4 is 0 Å². The number of hydrogen-bond donors (Lipinski definition) is 0. The number of rotatable bonds is 1. The average molecular weight is 317 g/mol. The number of halogens is 1. The molecule has 1 heteroatoms. The predicted octanol–water partition coefficient (Wildman–Crippen LogP) is 6.29. The van der Waals surface area contributed by atoms with Crippen LogP contribution in [0.5, 0.6) is 0 Å². The Morgan fingerprint density at radius 1 is 0.609 bits per heavy atom. The van der Waals surface area contributed by atoms with Crippen LogP contribution in [0.3, 0.4) is 0 Å². The fraction of sp³-hybridized carbons (Fsp3) is 1.00. The van der Waals surface area contributed by atoms with Gasteiger partial charge in [-0.1, -0.05) is 13.8 Å². The first-order valence-electron chi connectivity index (χ1n) is 10.4. The lowest BCUT2D eigenvalue weighted by Gasteiger charge is -2.74. The van der Waals surface area contributed by atoms with Crippen LogP contribution >= 0.6 is 0 Å². The first-order valence-corrected chi connectivity index (χ1v) is 10.4. The molecule has 8 aliphatic carbocycles. The molecule has 0 aromatic rings. The Morgan fingerprint density at radius 3 is 1.83 bits per heavy atom. The summed E-state index contributed by atoms with van der Waals surface area (Å²) >= 11 is 0. The number of alkyl halides is 1. The Hall–Kier alpha value is -0.0700. The maximum absolute atomic E-state index is 15.8. The topological polar surface area (TPSA) is 0 Å². The molecular weight excluding hydrogens is 283 g/mol. The van der Waals surface area contributed by atoms with Crippen molar-refractivity contribution in [3.63, 3.8) is 0 Å². The molecule has 6 atom stereocenters. The summed E-state index contributed by atoms with van der Waals surface area (Å²) in [5.74, 6) is 2.68. The van der Waals surface area contributed by atoms with Crippen molar-refractivity contribution in [1.82, 2.24) is 0 Å². The first kappa shape index (κ1) is 14.1. The Balaban J connectivity index is 1.48. The second-order valence-electron chi connectivity index (χ2n) is 12.3. The summed E-state index contributed by atoms with van der Waals surface area (Å²) in [4.78, 5) is 0. The molecular formula is C22H33F. The smallest absolute Gasteiger partial charge is 0.112 e. The van der Waals surface area contributed by atoms with Crippen molar-refractivity contribution in [3.05, 3.63) is 0 Å². The highest BCUT2D eigenvalue weighted by molar-refractivity contribution is 5.21. The van der Waals surface area contributed by atoms with Crippen molar-refractivity contribution in [2.24, 2.45) is 39.4 Å². The van der Waals surface area contributed by atoms with E-state index < -0.39 is 5.67 Å². The summed E-state index contributed by atoms with van der Waals surface area (Å²) in [7, 11) is 0. The van der Waals surface area contributed by atoms with Gasteiger partial charge in [0.15, 0.2) is 0 Å². The van der Waals surface area contributed by atoms with E-state index in [0.717, 1.165) is 31.1 Å². The normalized spacial score (nSPS) is 68.7. The lowest BCUT2D eigenvalue weighted by molar-refractivity contribution is -0.254. The maximum atomic E-state index is 15.8.